The number of esters is 1. The molecular formula is C19H16N2O3S. The molecule has 3 aromatic rings. The Labute approximate surface area is 149 Å². The predicted molar refractivity (Wildman–Crippen MR) is 98.9 cm³/mol. The zero-order valence-corrected chi connectivity index (χ0v) is 14.4. The van der Waals surface area contributed by atoms with E-state index in [0.717, 1.165) is 10.3 Å². The fraction of sp³-hybridized carbons (Fsp3) is 0.105. The highest BCUT2D eigenvalue weighted by atomic mass is 32.2. The summed E-state index contributed by atoms with van der Waals surface area (Å²) in [5.74, 6) is -1.02. The van der Waals surface area contributed by atoms with Crippen molar-refractivity contribution in [3.63, 3.8) is 0 Å². The van der Waals surface area contributed by atoms with Gasteiger partial charge in [-0.05, 0) is 42.7 Å². The molecule has 0 bridgehead atoms. The van der Waals surface area contributed by atoms with Gasteiger partial charge in [0.1, 0.15) is 5.69 Å². The minimum atomic E-state index is -0.626. The van der Waals surface area contributed by atoms with E-state index in [-0.39, 0.29) is 12.3 Å². The Bertz CT molecular complexity index is 910. The molecule has 1 N–H and O–H groups in total. The number of hydrogen-bond acceptors (Lipinski definition) is 5. The normalized spacial score (nSPS) is 10.4. The maximum absolute atomic E-state index is 12.1. The van der Waals surface area contributed by atoms with Crippen molar-refractivity contribution < 1.29 is 14.3 Å². The van der Waals surface area contributed by atoms with Gasteiger partial charge in [0, 0.05) is 16.0 Å². The minimum absolute atomic E-state index is 0.177. The van der Waals surface area contributed by atoms with Gasteiger partial charge < -0.3 is 10.1 Å². The van der Waals surface area contributed by atoms with E-state index in [1.165, 1.54) is 0 Å². The van der Waals surface area contributed by atoms with Crippen molar-refractivity contribution in [2.24, 2.45) is 0 Å². The van der Waals surface area contributed by atoms with Gasteiger partial charge in [0.2, 0.25) is 0 Å². The lowest BCUT2D eigenvalue weighted by molar-refractivity contribution is -0.119. The van der Waals surface area contributed by atoms with Crippen molar-refractivity contribution in [2.45, 2.75) is 4.90 Å². The van der Waals surface area contributed by atoms with Crippen molar-refractivity contribution in [3.05, 3.63) is 66.4 Å². The van der Waals surface area contributed by atoms with Crippen molar-refractivity contribution in [1.82, 2.24) is 4.98 Å². The number of benzene rings is 2. The predicted octanol–water partition coefficient (Wildman–Crippen LogP) is 3.75. The second-order valence-corrected chi connectivity index (χ2v) is 6.12. The van der Waals surface area contributed by atoms with Crippen LogP contribution >= 0.6 is 11.8 Å². The number of amides is 1. The lowest BCUT2D eigenvalue weighted by Gasteiger charge is -2.07. The number of para-hydroxylation sites is 1. The van der Waals surface area contributed by atoms with Gasteiger partial charge in [-0.15, -0.1) is 11.8 Å². The van der Waals surface area contributed by atoms with Gasteiger partial charge in [-0.2, -0.15) is 0 Å². The summed E-state index contributed by atoms with van der Waals surface area (Å²) in [6, 6.07) is 18.3. The summed E-state index contributed by atoms with van der Waals surface area (Å²) in [4.78, 5) is 29.3. The molecule has 5 nitrogen and oxygen atoms in total. The first-order valence-corrected chi connectivity index (χ1v) is 8.85. The number of aromatic nitrogens is 1. The van der Waals surface area contributed by atoms with Gasteiger partial charge >= 0.3 is 5.97 Å². The molecule has 0 aliphatic carbocycles. The van der Waals surface area contributed by atoms with Crippen LogP contribution in [0, 0.1) is 0 Å². The second-order valence-electron chi connectivity index (χ2n) is 5.24. The Hall–Kier alpha value is -2.86. The Balaban J connectivity index is 1.57. The number of pyridine rings is 1. The van der Waals surface area contributed by atoms with Gasteiger partial charge in [-0.1, -0.05) is 24.3 Å². The third-order valence-electron chi connectivity index (χ3n) is 3.52. The van der Waals surface area contributed by atoms with Gasteiger partial charge in [-0.3, -0.25) is 4.79 Å². The highest BCUT2D eigenvalue weighted by Gasteiger charge is 2.12. The van der Waals surface area contributed by atoms with Gasteiger partial charge in [-0.25, -0.2) is 9.78 Å². The SMILES string of the molecule is CSc1ccc(NC(=O)COC(=O)c2ccc3ccccc3n2)cc1. The lowest BCUT2D eigenvalue weighted by atomic mass is 10.2. The number of nitrogens with one attached hydrogen (secondary N) is 1. The van der Waals surface area contributed by atoms with Gasteiger partial charge in [0.15, 0.2) is 6.61 Å². The molecule has 0 unspecified atom stereocenters. The topological polar surface area (TPSA) is 68.3 Å². The van der Waals surface area contributed by atoms with Gasteiger partial charge in [0.05, 0.1) is 5.52 Å². The molecule has 1 aromatic heterocycles. The van der Waals surface area contributed by atoms with Crippen LogP contribution in [0.5, 0.6) is 0 Å². The van der Waals surface area contributed by atoms with Crippen LogP contribution in [-0.4, -0.2) is 29.7 Å². The molecular weight excluding hydrogens is 336 g/mol. The van der Waals surface area contributed by atoms with E-state index in [2.05, 4.69) is 10.3 Å². The second kappa shape index (κ2) is 7.81. The van der Waals surface area contributed by atoms with E-state index in [1.807, 2.05) is 42.7 Å². The van der Waals surface area contributed by atoms with E-state index in [1.54, 1.807) is 36.0 Å². The third-order valence-corrected chi connectivity index (χ3v) is 4.26. The average molecular weight is 352 g/mol. The number of fused-ring (bicyclic) bond motifs is 1. The van der Waals surface area contributed by atoms with E-state index < -0.39 is 11.9 Å². The number of hydrogen-bond donors (Lipinski definition) is 1. The Morgan fingerprint density at radius 3 is 2.56 bits per heavy atom. The van der Waals surface area contributed by atoms with Crippen LogP contribution in [-0.2, 0) is 9.53 Å². The maximum Gasteiger partial charge on any atom is 0.357 e. The van der Waals surface area contributed by atoms with E-state index in [4.69, 9.17) is 4.74 Å². The standard InChI is InChI=1S/C19H16N2O3S/c1-25-15-9-7-14(8-10-15)20-18(22)12-24-19(23)17-11-6-13-4-2-3-5-16(13)21-17/h2-11H,12H2,1H3,(H,20,22). The summed E-state index contributed by atoms with van der Waals surface area (Å²) in [6.07, 6.45) is 1.98. The number of anilines is 1. The number of ether oxygens (including phenoxy) is 1. The smallest absolute Gasteiger partial charge is 0.357 e. The largest absolute Gasteiger partial charge is 0.451 e. The number of rotatable bonds is 5. The molecule has 0 saturated carbocycles. The number of nitrogens with zero attached hydrogens (tertiary/aromatic N) is 1. The van der Waals surface area contributed by atoms with E-state index in [9.17, 15) is 9.59 Å². The first-order chi connectivity index (χ1) is 12.2. The number of carbonyl (C=O) groups excluding carboxylic acids is 2. The summed E-state index contributed by atoms with van der Waals surface area (Å²) in [6.45, 7) is -0.363. The Kier molecular flexibility index (Phi) is 5.30. The molecule has 0 spiro atoms. The molecule has 1 amide bonds. The minimum Gasteiger partial charge on any atom is -0.451 e. The number of carbonyl (C=O) groups is 2. The molecule has 6 heteroatoms. The first kappa shape index (κ1) is 17.0. The summed E-state index contributed by atoms with van der Waals surface area (Å²) < 4.78 is 5.04. The summed E-state index contributed by atoms with van der Waals surface area (Å²) in [5.41, 5.74) is 1.54. The fourth-order valence-corrected chi connectivity index (χ4v) is 2.66. The number of thioether (sulfide) groups is 1. The van der Waals surface area contributed by atoms with Crippen LogP contribution in [0.25, 0.3) is 10.9 Å². The maximum atomic E-state index is 12.1. The summed E-state index contributed by atoms with van der Waals surface area (Å²) in [7, 11) is 0. The van der Waals surface area contributed by atoms with Crippen LogP contribution in [0.2, 0.25) is 0 Å². The highest BCUT2D eigenvalue weighted by Crippen LogP contribution is 2.17. The fourth-order valence-electron chi connectivity index (χ4n) is 2.26. The zero-order chi connectivity index (χ0) is 17.6. The van der Waals surface area contributed by atoms with Crippen LogP contribution in [0.15, 0.2) is 65.6 Å². The molecule has 3 rings (SSSR count). The average Bonchev–Trinajstić information content (AvgIpc) is 2.66. The molecule has 0 fully saturated rings. The molecule has 2 aromatic carbocycles. The van der Waals surface area contributed by atoms with Crippen molar-refractivity contribution in [1.29, 1.82) is 0 Å². The highest BCUT2D eigenvalue weighted by molar-refractivity contribution is 7.98. The third kappa shape index (κ3) is 4.36. The Morgan fingerprint density at radius 2 is 1.80 bits per heavy atom. The van der Waals surface area contributed by atoms with Crippen LogP contribution in [0.1, 0.15) is 10.5 Å². The molecule has 0 aliphatic rings. The molecule has 0 saturated heterocycles. The molecule has 0 aliphatic heterocycles. The summed E-state index contributed by atoms with van der Waals surface area (Å²) >= 11 is 1.62. The quantitative estimate of drug-likeness (QED) is 0.559. The first-order valence-electron chi connectivity index (χ1n) is 7.62. The molecule has 0 radical (unpaired) electrons. The van der Waals surface area contributed by atoms with Crippen molar-refractivity contribution >= 4 is 40.2 Å². The zero-order valence-electron chi connectivity index (χ0n) is 13.6. The van der Waals surface area contributed by atoms with Crippen LogP contribution in [0.3, 0.4) is 0 Å². The van der Waals surface area contributed by atoms with E-state index in [0.29, 0.717) is 11.2 Å². The molecule has 0 atom stereocenters. The van der Waals surface area contributed by atoms with E-state index >= 15 is 0 Å². The van der Waals surface area contributed by atoms with Crippen LogP contribution < -0.4 is 5.32 Å². The lowest BCUT2D eigenvalue weighted by Crippen LogP contribution is -2.21. The molecule has 126 valence electrons. The van der Waals surface area contributed by atoms with Crippen LogP contribution in [0.4, 0.5) is 5.69 Å². The van der Waals surface area contributed by atoms with Crippen molar-refractivity contribution in [2.75, 3.05) is 18.2 Å². The Morgan fingerprint density at radius 1 is 1.04 bits per heavy atom. The summed E-state index contributed by atoms with van der Waals surface area (Å²) in [5, 5.41) is 3.62. The van der Waals surface area contributed by atoms with Gasteiger partial charge in [0.25, 0.3) is 5.91 Å². The van der Waals surface area contributed by atoms with Crippen molar-refractivity contribution in [3.8, 4) is 0 Å². The molecule has 1 heterocycles. The molecule has 25 heavy (non-hydrogen) atoms. The monoisotopic (exact) mass is 352 g/mol.